The first-order valence-corrected chi connectivity index (χ1v) is 11.3. The number of halogens is 1. The van der Waals surface area contributed by atoms with Crippen LogP contribution in [0.15, 0.2) is 48.9 Å². The van der Waals surface area contributed by atoms with Crippen molar-refractivity contribution in [2.75, 3.05) is 25.6 Å². The van der Waals surface area contributed by atoms with Gasteiger partial charge in [-0.2, -0.15) is 0 Å². The molecule has 1 saturated carbocycles. The van der Waals surface area contributed by atoms with E-state index in [9.17, 15) is 4.39 Å². The van der Waals surface area contributed by atoms with Gasteiger partial charge in [0.25, 0.3) is 0 Å². The maximum Gasteiger partial charge on any atom is 0.225 e. The molecular weight excluding hydrogens is 405 g/mol. The zero-order valence-electron chi connectivity index (χ0n) is 18.3. The monoisotopic (exact) mass is 433 g/mol. The molecule has 1 fully saturated rings. The largest absolute Gasteiger partial charge is 0.480 e. The number of pyridine rings is 1. The van der Waals surface area contributed by atoms with Crippen molar-refractivity contribution < 1.29 is 9.13 Å². The van der Waals surface area contributed by atoms with Gasteiger partial charge in [-0.05, 0) is 67.9 Å². The molecule has 0 aliphatic heterocycles. The second-order valence-corrected chi connectivity index (χ2v) is 8.55. The summed E-state index contributed by atoms with van der Waals surface area (Å²) < 4.78 is 20.1. The quantitative estimate of drug-likeness (QED) is 0.406. The number of rotatable bonds is 8. The third-order valence-electron chi connectivity index (χ3n) is 6.57. The lowest BCUT2D eigenvalue weighted by atomic mass is 9.97. The van der Waals surface area contributed by atoms with Crippen LogP contribution in [0.3, 0.4) is 0 Å². The first-order chi connectivity index (χ1) is 15.7. The van der Waals surface area contributed by atoms with Crippen molar-refractivity contribution in [3.63, 3.8) is 0 Å². The summed E-state index contributed by atoms with van der Waals surface area (Å²) in [6, 6.07) is 13.0. The van der Waals surface area contributed by atoms with Gasteiger partial charge in [0.15, 0.2) is 0 Å². The third-order valence-corrected chi connectivity index (χ3v) is 6.57. The molecule has 0 bridgehead atoms. The van der Waals surface area contributed by atoms with Gasteiger partial charge in [0.05, 0.1) is 18.0 Å². The molecule has 0 radical (unpaired) electrons. The van der Waals surface area contributed by atoms with Crippen LogP contribution < -0.4 is 10.1 Å². The van der Waals surface area contributed by atoms with Crippen LogP contribution >= 0.6 is 0 Å². The molecule has 1 aliphatic carbocycles. The zero-order valence-corrected chi connectivity index (χ0v) is 18.3. The van der Waals surface area contributed by atoms with Crippen LogP contribution in [0.1, 0.15) is 37.3 Å². The molecule has 4 aromatic rings. The molecule has 7 heteroatoms. The number of hydrogen-bond acceptors (Lipinski definition) is 5. The molecule has 1 N–H and O–H groups in total. The van der Waals surface area contributed by atoms with Gasteiger partial charge in [0.2, 0.25) is 5.88 Å². The van der Waals surface area contributed by atoms with Crippen LogP contribution in [0.2, 0.25) is 0 Å². The van der Waals surface area contributed by atoms with Crippen molar-refractivity contribution in [3.8, 4) is 5.88 Å². The maximum absolute atomic E-state index is 12.4. The average molecular weight is 434 g/mol. The predicted molar refractivity (Wildman–Crippen MR) is 125 cm³/mol. The normalized spacial score (nSPS) is 18.4. The summed E-state index contributed by atoms with van der Waals surface area (Å²) in [6.45, 7) is -0.113. The van der Waals surface area contributed by atoms with Gasteiger partial charge in [0, 0.05) is 24.2 Å². The molecule has 3 heterocycles. The summed E-state index contributed by atoms with van der Waals surface area (Å²) in [5.41, 5.74) is 3.23. The van der Waals surface area contributed by atoms with Crippen molar-refractivity contribution in [1.82, 2.24) is 19.5 Å². The van der Waals surface area contributed by atoms with E-state index >= 15 is 0 Å². The van der Waals surface area contributed by atoms with Crippen molar-refractivity contribution in [2.45, 2.75) is 38.1 Å². The van der Waals surface area contributed by atoms with Gasteiger partial charge < -0.3 is 14.6 Å². The van der Waals surface area contributed by atoms with E-state index in [1.54, 1.807) is 13.4 Å². The number of alkyl halides is 1. The van der Waals surface area contributed by atoms with E-state index in [1.807, 2.05) is 12.1 Å². The minimum absolute atomic E-state index is 0.288. The topological polar surface area (TPSA) is 64.9 Å². The summed E-state index contributed by atoms with van der Waals surface area (Å²) in [4.78, 5) is 13.4. The maximum atomic E-state index is 12.4. The van der Waals surface area contributed by atoms with Crippen LogP contribution in [-0.2, 0) is 6.42 Å². The van der Waals surface area contributed by atoms with Crippen molar-refractivity contribution >= 4 is 27.8 Å². The second kappa shape index (κ2) is 9.10. The Morgan fingerprint density at radius 2 is 2.06 bits per heavy atom. The summed E-state index contributed by atoms with van der Waals surface area (Å²) >= 11 is 0. The van der Waals surface area contributed by atoms with E-state index in [0.29, 0.717) is 17.8 Å². The molecule has 0 spiro atoms. The average Bonchev–Trinajstić information content (AvgIpc) is 3.47. The molecule has 5 rings (SSSR count). The molecule has 3 aromatic heterocycles. The molecule has 166 valence electrons. The minimum Gasteiger partial charge on any atom is -0.480 e. The lowest BCUT2D eigenvalue weighted by Crippen LogP contribution is -2.06. The van der Waals surface area contributed by atoms with E-state index < -0.39 is 6.67 Å². The van der Waals surface area contributed by atoms with Gasteiger partial charge in [-0.1, -0.05) is 12.1 Å². The van der Waals surface area contributed by atoms with Gasteiger partial charge in [-0.15, -0.1) is 0 Å². The summed E-state index contributed by atoms with van der Waals surface area (Å²) in [5, 5.41) is 5.10. The van der Waals surface area contributed by atoms with E-state index in [0.717, 1.165) is 34.2 Å². The number of nitrogens with one attached hydrogen (secondary N) is 1. The summed E-state index contributed by atoms with van der Waals surface area (Å²) in [7, 11) is 1.65. The molecule has 2 unspecified atom stereocenters. The fourth-order valence-corrected chi connectivity index (χ4v) is 4.93. The molecule has 0 saturated heterocycles. The SMILES string of the molecule is COc1ncnc2c1ccn2C1CCC(CCc2ccc3ccc(NCCF)nc3c2)C1. The fourth-order valence-electron chi connectivity index (χ4n) is 4.93. The molecule has 0 amide bonds. The summed E-state index contributed by atoms with van der Waals surface area (Å²) in [6.07, 6.45) is 9.48. The Morgan fingerprint density at radius 1 is 1.16 bits per heavy atom. The Morgan fingerprint density at radius 3 is 2.94 bits per heavy atom. The molecular formula is C25H28FN5O. The van der Waals surface area contributed by atoms with E-state index in [2.05, 4.69) is 55.3 Å². The second-order valence-electron chi connectivity index (χ2n) is 8.55. The fraction of sp³-hybridized carbons (Fsp3) is 0.400. The molecule has 2 atom stereocenters. The molecule has 32 heavy (non-hydrogen) atoms. The Bertz CT molecular complexity index is 1220. The molecule has 1 aliphatic rings. The van der Waals surface area contributed by atoms with Crippen LogP contribution in [0, 0.1) is 5.92 Å². The zero-order chi connectivity index (χ0) is 21.9. The third kappa shape index (κ3) is 4.11. The minimum atomic E-state index is -0.401. The van der Waals surface area contributed by atoms with Crippen LogP contribution in [0.4, 0.5) is 10.2 Å². The van der Waals surface area contributed by atoms with E-state index in [-0.39, 0.29) is 6.54 Å². The first kappa shape index (κ1) is 20.7. The highest BCUT2D eigenvalue weighted by Crippen LogP contribution is 2.39. The number of aryl methyl sites for hydroxylation is 1. The number of ether oxygens (including phenoxy) is 1. The van der Waals surface area contributed by atoms with Gasteiger partial charge in [-0.25, -0.2) is 19.3 Å². The van der Waals surface area contributed by atoms with Gasteiger partial charge in [0.1, 0.15) is 24.5 Å². The number of hydrogen-bond donors (Lipinski definition) is 1. The number of anilines is 1. The highest BCUT2D eigenvalue weighted by atomic mass is 19.1. The van der Waals surface area contributed by atoms with E-state index in [4.69, 9.17) is 4.74 Å². The highest BCUT2D eigenvalue weighted by Gasteiger charge is 2.27. The number of methoxy groups -OCH3 is 1. The van der Waals surface area contributed by atoms with Crippen LogP contribution in [-0.4, -0.2) is 39.8 Å². The first-order valence-electron chi connectivity index (χ1n) is 11.3. The Hall–Kier alpha value is -3.22. The van der Waals surface area contributed by atoms with Crippen molar-refractivity contribution in [3.05, 3.63) is 54.5 Å². The summed E-state index contributed by atoms with van der Waals surface area (Å²) in [5.74, 6) is 2.06. The number of fused-ring (bicyclic) bond motifs is 2. The van der Waals surface area contributed by atoms with E-state index in [1.165, 1.54) is 31.2 Å². The molecule has 6 nitrogen and oxygen atoms in total. The Balaban J connectivity index is 1.24. The lowest BCUT2D eigenvalue weighted by molar-refractivity contribution is 0.402. The highest BCUT2D eigenvalue weighted by molar-refractivity contribution is 5.82. The number of benzene rings is 1. The van der Waals surface area contributed by atoms with Gasteiger partial charge >= 0.3 is 0 Å². The number of aromatic nitrogens is 4. The Kier molecular flexibility index (Phi) is 5.88. The predicted octanol–water partition coefficient (Wildman–Crippen LogP) is 5.34. The standard InChI is InChI=1S/C25H28FN5O/c1-32-25-21-10-13-31(24(21)28-16-29-25)20-8-5-17(14-20)2-3-18-4-6-19-7-9-23(27-12-11-26)30-22(19)15-18/h4,6-7,9-10,13,15-17,20H,2-3,5,8,11-12,14H2,1H3,(H,27,30). The van der Waals surface area contributed by atoms with Crippen molar-refractivity contribution in [2.24, 2.45) is 5.92 Å². The Labute approximate surface area is 186 Å². The lowest BCUT2D eigenvalue weighted by Gasteiger charge is -2.14. The van der Waals surface area contributed by atoms with Crippen molar-refractivity contribution in [1.29, 1.82) is 0 Å². The van der Waals surface area contributed by atoms with Crippen LogP contribution in [0.25, 0.3) is 21.9 Å². The molecule has 1 aromatic carbocycles. The van der Waals surface area contributed by atoms with Gasteiger partial charge in [-0.3, -0.25) is 0 Å². The number of nitrogens with zero attached hydrogens (tertiary/aromatic N) is 4. The van der Waals surface area contributed by atoms with Crippen LogP contribution in [0.5, 0.6) is 5.88 Å². The smallest absolute Gasteiger partial charge is 0.225 e.